The molecule has 6 aromatic rings. The molecule has 0 saturated carbocycles. The summed E-state index contributed by atoms with van der Waals surface area (Å²) in [6.07, 6.45) is 1.52. The number of ketones is 2. The van der Waals surface area contributed by atoms with E-state index in [1.165, 1.54) is 5.39 Å². The van der Waals surface area contributed by atoms with E-state index in [1.54, 1.807) is 0 Å². The second-order valence-electron chi connectivity index (χ2n) is 10.5. The van der Waals surface area contributed by atoms with Gasteiger partial charge in [0, 0.05) is 22.3 Å². The lowest BCUT2D eigenvalue weighted by Gasteiger charge is -2.21. The molecule has 0 unspecified atom stereocenters. The molecular weight excluding hydrogens is 464 g/mol. The van der Waals surface area contributed by atoms with Gasteiger partial charge < -0.3 is 0 Å². The Labute approximate surface area is 220 Å². The summed E-state index contributed by atoms with van der Waals surface area (Å²) in [6, 6.07) is 37.2. The van der Waals surface area contributed by atoms with Crippen LogP contribution in [0.1, 0.15) is 54.1 Å². The molecular formula is C36H22O2. The van der Waals surface area contributed by atoms with Crippen LogP contribution in [0.4, 0.5) is 0 Å². The van der Waals surface area contributed by atoms with Crippen molar-refractivity contribution < 1.29 is 9.59 Å². The topological polar surface area (TPSA) is 34.1 Å². The average molecular weight is 487 g/mol. The lowest BCUT2D eigenvalue weighted by molar-refractivity contribution is 0.102. The minimum absolute atomic E-state index is 0.108. The number of carbonyl (C=O) groups is 2. The molecule has 178 valence electrons. The Morgan fingerprint density at radius 1 is 0.368 bits per heavy atom. The molecule has 0 fully saturated rings. The van der Waals surface area contributed by atoms with Crippen LogP contribution in [0.15, 0.2) is 109 Å². The Balaban J connectivity index is 1.20. The normalized spacial score (nSPS) is 13.7. The second-order valence-corrected chi connectivity index (χ2v) is 10.5. The van der Waals surface area contributed by atoms with Gasteiger partial charge >= 0.3 is 0 Å². The predicted octanol–water partition coefficient (Wildman–Crippen LogP) is 7.93. The van der Waals surface area contributed by atoms with E-state index < -0.39 is 0 Å². The number of benzene rings is 6. The molecule has 0 bridgehead atoms. The molecule has 0 heterocycles. The molecule has 6 aromatic carbocycles. The molecule has 2 aliphatic carbocycles. The van der Waals surface area contributed by atoms with Crippen LogP contribution in [0.25, 0.3) is 32.7 Å². The highest BCUT2D eigenvalue weighted by molar-refractivity contribution is 6.16. The third-order valence-electron chi connectivity index (χ3n) is 8.23. The van der Waals surface area contributed by atoms with Gasteiger partial charge in [-0.3, -0.25) is 9.59 Å². The first-order chi connectivity index (χ1) is 18.6. The van der Waals surface area contributed by atoms with Crippen molar-refractivity contribution in [3.63, 3.8) is 0 Å². The van der Waals surface area contributed by atoms with Crippen LogP contribution in [0, 0.1) is 0 Å². The monoisotopic (exact) mass is 486 g/mol. The van der Waals surface area contributed by atoms with E-state index >= 15 is 0 Å². The summed E-state index contributed by atoms with van der Waals surface area (Å²) in [6.45, 7) is 0. The smallest absolute Gasteiger partial charge is 0.193 e. The molecule has 38 heavy (non-hydrogen) atoms. The van der Waals surface area contributed by atoms with Gasteiger partial charge in [-0.05, 0) is 86.0 Å². The van der Waals surface area contributed by atoms with Crippen LogP contribution >= 0.6 is 0 Å². The number of hydrogen-bond acceptors (Lipinski definition) is 2. The van der Waals surface area contributed by atoms with Gasteiger partial charge in [0.2, 0.25) is 0 Å². The quantitative estimate of drug-likeness (QED) is 0.236. The molecule has 0 aliphatic heterocycles. The van der Waals surface area contributed by atoms with Gasteiger partial charge in [0.05, 0.1) is 0 Å². The fourth-order valence-electron chi connectivity index (χ4n) is 6.26. The molecule has 0 N–H and O–H groups in total. The fraction of sp³-hybridized carbons (Fsp3) is 0.0556. The van der Waals surface area contributed by atoms with Gasteiger partial charge in [-0.1, -0.05) is 91.0 Å². The Morgan fingerprint density at radius 3 is 1.71 bits per heavy atom. The van der Waals surface area contributed by atoms with Crippen molar-refractivity contribution in [2.24, 2.45) is 0 Å². The standard InChI is InChI=1S/C36H22O2/c37-35-31-8-4-3-7-26(31)16-28-15-24(11-12-32(28)35)23-9-10-25-20-34-30(17-27(25)13-23)18-29-14-21-5-1-2-6-22(21)19-33(29)36(34)38/h1-15,17,19-20H,16,18H2. The summed E-state index contributed by atoms with van der Waals surface area (Å²) in [5, 5.41) is 4.45. The molecule has 2 aliphatic rings. The van der Waals surface area contributed by atoms with Crippen LogP contribution in [0.5, 0.6) is 0 Å². The van der Waals surface area contributed by atoms with E-state index in [1.807, 2.05) is 48.5 Å². The van der Waals surface area contributed by atoms with Crippen LogP contribution in [-0.2, 0) is 12.8 Å². The zero-order valence-electron chi connectivity index (χ0n) is 20.6. The van der Waals surface area contributed by atoms with Crippen molar-refractivity contribution in [1.82, 2.24) is 0 Å². The van der Waals surface area contributed by atoms with Crippen molar-refractivity contribution in [3.8, 4) is 11.1 Å². The molecule has 2 heteroatoms. The Hall–Kier alpha value is -4.82. The Kier molecular flexibility index (Phi) is 4.39. The van der Waals surface area contributed by atoms with Crippen molar-refractivity contribution in [1.29, 1.82) is 0 Å². The summed E-state index contributed by atoms with van der Waals surface area (Å²) in [4.78, 5) is 26.5. The molecule has 0 atom stereocenters. The maximum atomic E-state index is 13.5. The molecule has 8 rings (SSSR count). The zero-order chi connectivity index (χ0) is 25.4. The largest absolute Gasteiger partial charge is 0.289 e. The number of carbonyl (C=O) groups excluding carboxylic acids is 2. The van der Waals surface area contributed by atoms with E-state index in [4.69, 9.17) is 0 Å². The van der Waals surface area contributed by atoms with Gasteiger partial charge in [-0.2, -0.15) is 0 Å². The molecule has 2 nitrogen and oxygen atoms in total. The number of hydrogen-bond donors (Lipinski definition) is 0. The molecule has 0 saturated heterocycles. The molecule has 0 radical (unpaired) electrons. The lowest BCUT2D eigenvalue weighted by atomic mass is 9.82. The van der Waals surface area contributed by atoms with Gasteiger partial charge in [-0.25, -0.2) is 0 Å². The Morgan fingerprint density at radius 2 is 0.895 bits per heavy atom. The summed E-state index contributed by atoms with van der Waals surface area (Å²) < 4.78 is 0. The first kappa shape index (κ1) is 21.3. The average Bonchev–Trinajstić information content (AvgIpc) is 2.95. The summed E-state index contributed by atoms with van der Waals surface area (Å²) in [7, 11) is 0. The van der Waals surface area contributed by atoms with Crippen LogP contribution in [-0.4, -0.2) is 11.6 Å². The van der Waals surface area contributed by atoms with Crippen LogP contribution < -0.4 is 0 Å². The second kappa shape index (κ2) is 7.84. The van der Waals surface area contributed by atoms with E-state index in [-0.39, 0.29) is 11.6 Å². The first-order valence-corrected chi connectivity index (χ1v) is 13.0. The maximum Gasteiger partial charge on any atom is 0.193 e. The van der Waals surface area contributed by atoms with E-state index in [0.29, 0.717) is 0 Å². The summed E-state index contributed by atoms with van der Waals surface area (Å²) in [5.41, 5.74) is 9.78. The van der Waals surface area contributed by atoms with Crippen molar-refractivity contribution in [2.75, 3.05) is 0 Å². The third-order valence-corrected chi connectivity index (χ3v) is 8.23. The third kappa shape index (κ3) is 3.13. The van der Waals surface area contributed by atoms with Crippen LogP contribution in [0.3, 0.4) is 0 Å². The van der Waals surface area contributed by atoms with Crippen molar-refractivity contribution in [2.45, 2.75) is 12.8 Å². The van der Waals surface area contributed by atoms with E-state index in [9.17, 15) is 9.59 Å². The molecule has 0 amide bonds. The highest BCUT2D eigenvalue weighted by Crippen LogP contribution is 2.36. The van der Waals surface area contributed by atoms with Gasteiger partial charge in [0.15, 0.2) is 11.6 Å². The lowest BCUT2D eigenvalue weighted by Crippen LogP contribution is -2.15. The van der Waals surface area contributed by atoms with Crippen LogP contribution in [0.2, 0.25) is 0 Å². The SMILES string of the molecule is O=C1c2ccccc2Cc2cc(-c3ccc4cc5c(cc4c3)Cc3cc4ccccc4cc3C5=O)ccc21. The van der Waals surface area contributed by atoms with Crippen molar-refractivity contribution >= 4 is 33.1 Å². The predicted molar refractivity (Wildman–Crippen MR) is 152 cm³/mol. The maximum absolute atomic E-state index is 13.5. The van der Waals surface area contributed by atoms with E-state index in [2.05, 4.69) is 60.7 Å². The summed E-state index contributed by atoms with van der Waals surface area (Å²) in [5.74, 6) is 0.217. The minimum atomic E-state index is 0.108. The van der Waals surface area contributed by atoms with Crippen molar-refractivity contribution in [3.05, 3.63) is 154 Å². The van der Waals surface area contributed by atoms with Gasteiger partial charge in [0.1, 0.15) is 0 Å². The molecule has 0 spiro atoms. The summed E-state index contributed by atoms with van der Waals surface area (Å²) >= 11 is 0. The minimum Gasteiger partial charge on any atom is -0.289 e. The Bertz CT molecular complexity index is 2010. The van der Waals surface area contributed by atoms with E-state index in [0.717, 1.165) is 84.6 Å². The first-order valence-electron chi connectivity index (χ1n) is 13.0. The molecule has 0 aromatic heterocycles. The fourth-order valence-corrected chi connectivity index (χ4v) is 6.26. The number of rotatable bonds is 1. The van der Waals surface area contributed by atoms with Gasteiger partial charge in [0.25, 0.3) is 0 Å². The highest BCUT2D eigenvalue weighted by atomic mass is 16.1. The number of fused-ring (bicyclic) bond motifs is 6. The van der Waals surface area contributed by atoms with Gasteiger partial charge in [-0.15, -0.1) is 0 Å². The highest BCUT2D eigenvalue weighted by Gasteiger charge is 2.25. The zero-order valence-corrected chi connectivity index (χ0v) is 20.6.